The van der Waals surface area contributed by atoms with E-state index >= 15 is 0 Å². The van der Waals surface area contributed by atoms with E-state index < -0.39 is 11.5 Å². The average molecular weight is 181 g/mol. The number of hydrogen-bond acceptors (Lipinski definition) is 5. The van der Waals surface area contributed by atoms with Gasteiger partial charge < -0.3 is 0 Å². The van der Waals surface area contributed by atoms with E-state index in [1.54, 1.807) is 6.26 Å². The highest BCUT2D eigenvalue weighted by Crippen LogP contribution is 2.14. The fourth-order valence-electron chi connectivity index (χ4n) is 0.458. The topological polar surface area (TPSA) is 41.9 Å². The molecule has 1 heterocycles. The molecular weight excluding hydrogens is 176 g/mol. The molecule has 0 aromatic carbocycles. The zero-order valence-corrected chi connectivity index (χ0v) is 6.72. The van der Waals surface area contributed by atoms with E-state index in [-0.39, 0.29) is 0 Å². The van der Waals surface area contributed by atoms with Crippen LogP contribution in [-0.4, -0.2) is 28.5 Å². The van der Waals surface area contributed by atoms with Crippen molar-refractivity contribution in [2.75, 3.05) is 6.26 Å². The predicted molar refractivity (Wildman–Crippen MR) is 39.6 cm³/mol. The van der Waals surface area contributed by atoms with Crippen molar-refractivity contribution in [1.82, 2.24) is 4.47 Å². The Bertz CT molecular complexity index is 175. The Balaban J connectivity index is 2.45. The van der Waals surface area contributed by atoms with E-state index in [0.717, 1.165) is 0 Å². The Hall–Kier alpha value is -0.260. The highest BCUT2D eigenvalue weighted by Gasteiger charge is 2.23. The van der Waals surface area contributed by atoms with Gasteiger partial charge in [-0.25, -0.2) is 9.83 Å². The van der Waals surface area contributed by atoms with E-state index in [1.807, 2.05) is 0 Å². The molecule has 1 aliphatic heterocycles. The second kappa shape index (κ2) is 3.23. The molecule has 0 bridgehead atoms. The molecule has 0 aromatic rings. The number of carbonyl (C=O) groups excluding carboxylic acids is 1. The Morgan fingerprint density at radius 1 is 2.00 bits per heavy atom. The van der Waals surface area contributed by atoms with Crippen LogP contribution >= 0.6 is 23.5 Å². The summed E-state index contributed by atoms with van der Waals surface area (Å²) in [6.07, 6.45) is 2.36. The lowest BCUT2D eigenvalue weighted by molar-refractivity contribution is -0.129. The number of nitrogens with zero attached hydrogens (tertiary/aromatic N) is 2. The maximum Gasteiger partial charge on any atom is 0.275 e. The first-order valence-corrected chi connectivity index (χ1v) is 4.03. The van der Waals surface area contributed by atoms with E-state index in [9.17, 15) is 4.79 Å². The summed E-state index contributed by atoms with van der Waals surface area (Å²) in [7, 11) is 0. The molecule has 0 aromatic heterocycles. The van der Waals surface area contributed by atoms with Gasteiger partial charge in [0, 0.05) is 6.26 Å². The Labute approximate surface area is 67.3 Å². The quantitative estimate of drug-likeness (QED) is 0.462. The van der Waals surface area contributed by atoms with Crippen molar-refractivity contribution in [3.63, 3.8) is 0 Å². The van der Waals surface area contributed by atoms with Gasteiger partial charge in [0.05, 0.1) is 0 Å². The first-order valence-electron chi connectivity index (χ1n) is 2.47. The van der Waals surface area contributed by atoms with Crippen molar-refractivity contribution in [3.05, 3.63) is 0 Å². The molecule has 0 amide bonds. The Kier molecular flexibility index (Phi) is 2.53. The summed E-state index contributed by atoms with van der Waals surface area (Å²) in [6.45, 7) is 0. The van der Waals surface area contributed by atoms with Gasteiger partial charge in [-0.3, -0.25) is 4.79 Å². The molecule has 1 aliphatic rings. The molecule has 6 heteroatoms. The summed E-state index contributed by atoms with van der Waals surface area (Å²) >= 11 is 6.40. The van der Waals surface area contributed by atoms with Gasteiger partial charge in [-0.1, -0.05) is 0 Å². The minimum atomic E-state index is -0.853. The highest BCUT2D eigenvalue weighted by atomic mass is 35.5. The summed E-state index contributed by atoms with van der Waals surface area (Å²) in [6, 6.07) is 0. The molecule has 0 radical (unpaired) electrons. The molecule has 1 atom stereocenters. The zero-order chi connectivity index (χ0) is 7.56. The zero-order valence-electron chi connectivity index (χ0n) is 5.15. The molecule has 10 heavy (non-hydrogen) atoms. The Morgan fingerprint density at radius 3 is 3.00 bits per heavy atom. The van der Waals surface area contributed by atoms with Gasteiger partial charge in [0.2, 0.25) is 0 Å². The third-order valence-electron chi connectivity index (χ3n) is 0.874. The van der Waals surface area contributed by atoms with Crippen LogP contribution in [0.15, 0.2) is 4.99 Å². The molecule has 56 valence electrons. The van der Waals surface area contributed by atoms with Gasteiger partial charge in [-0.05, 0) is 23.5 Å². The van der Waals surface area contributed by atoms with Gasteiger partial charge in [0.25, 0.3) is 11.5 Å². The highest BCUT2D eigenvalue weighted by molar-refractivity contribution is 7.96. The number of hydroxylamine groups is 1. The van der Waals surface area contributed by atoms with Crippen LogP contribution in [0, 0.1) is 0 Å². The predicted octanol–water partition coefficient (Wildman–Crippen LogP) is 0.631. The maximum absolute atomic E-state index is 10.4. The van der Waals surface area contributed by atoms with E-state index in [1.165, 1.54) is 22.8 Å². The monoisotopic (exact) mass is 180 g/mol. The fourth-order valence-corrected chi connectivity index (χ4v) is 0.871. The van der Waals surface area contributed by atoms with Gasteiger partial charge in [0.15, 0.2) is 0 Å². The van der Waals surface area contributed by atoms with Crippen LogP contribution < -0.4 is 0 Å². The van der Waals surface area contributed by atoms with Crippen molar-refractivity contribution < 1.29 is 9.63 Å². The number of carbonyl (C=O) groups is 1. The molecule has 0 saturated heterocycles. The maximum atomic E-state index is 10.4. The fraction of sp³-hybridized carbons (Fsp3) is 0.500. The summed E-state index contributed by atoms with van der Waals surface area (Å²) in [5, 5.41) is -0.604. The lowest BCUT2D eigenvalue weighted by Gasteiger charge is -2.08. The van der Waals surface area contributed by atoms with Crippen molar-refractivity contribution in [3.8, 4) is 0 Å². The first-order chi connectivity index (χ1) is 4.74. The second-order valence-electron chi connectivity index (χ2n) is 1.49. The largest absolute Gasteiger partial charge is 0.276 e. The summed E-state index contributed by atoms with van der Waals surface area (Å²) in [5.74, 6) is 0. The van der Waals surface area contributed by atoms with Crippen LogP contribution in [-0.2, 0) is 9.63 Å². The molecule has 4 nitrogen and oxygen atoms in total. The lowest BCUT2D eigenvalue weighted by atomic mass is 10.7. The first kappa shape index (κ1) is 7.84. The molecule has 0 saturated carbocycles. The van der Waals surface area contributed by atoms with Crippen molar-refractivity contribution in [1.29, 1.82) is 0 Å². The van der Waals surface area contributed by atoms with E-state index in [2.05, 4.69) is 4.99 Å². The molecule has 0 spiro atoms. The van der Waals surface area contributed by atoms with Crippen LogP contribution in [0.3, 0.4) is 0 Å². The van der Waals surface area contributed by atoms with Gasteiger partial charge in [-0.2, -0.15) is 4.47 Å². The third-order valence-corrected chi connectivity index (χ3v) is 1.60. The van der Waals surface area contributed by atoms with Crippen molar-refractivity contribution in [2.24, 2.45) is 4.99 Å². The molecule has 0 N–H and O–H groups in total. The van der Waals surface area contributed by atoms with Crippen LogP contribution in [0.2, 0.25) is 0 Å². The second-order valence-corrected chi connectivity index (χ2v) is 2.59. The SMILES string of the molecule is CSN1C=NC(C(=O)Cl)O1. The summed E-state index contributed by atoms with van der Waals surface area (Å²) in [4.78, 5) is 18.9. The van der Waals surface area contributed by atoms with Crippen LogP contribution in [0.4, 0.5) is 0 Å². The standard InChI is InChI=1S/C4H5ClN2O2S/c1-10-7-2-6-4(9-7)3(5)8/h2,4H,1H3. The minimum absolute atomic E-state index is 0.604. The lowest BCUT2D eigenvalue weighted by Crippen LogP contribution is -2.17. The van der Waals surface area contributed by atoms with E-state index in [4.69, 9.17) is 16.4 Å². The minimum Gasteiger partial charge on any atom is -0.276 e. The van der Waals surface area contributed by atoms with Crippen molar-refractivity contribution >= 4 is 35.1 Å². The molecular formula is C4H5ClN2O2S. The van der Waals surface area contributed by atoms with Gasteiger partial charge in [-0.15, -0.1) is 0 Å². The van der Waals surface area contributed by atoms with Crippen molar-refractivity contribution in [2.45, 2.75) is 6.23 Å². The number of hydrogen-bond donors (Lipinski definition) is 0. The number of halogens is 1. The average Bonchev–Trinajstić information content (AvgIpc) is 2.34. The normalized spacial score (nSPS) is 23.8. The summed E-state index contributed by atoms with van der Waals surface area (Å²) < 4.78 is 1.37. The van der Waals surface area contributed by atoms with Gasteiger partial charge in [0.1, 0.15) is 6.34 Å². The van der Waals surface area contributed by atoms with Crippen LogP contribution in [0.25, 0.3) is 0 Å². The van der Waals surface area contributed by atoms with Crippen LogP contribution in [0.5, 0.6) is 0 Å². The number of aliphatic imine (C=N–C) groups is 1. The number of rotatable bonds is 2. The molecule has 1 rings (SSSR count). The van der Waals surface area contributed by atoms with Crippen LogP contribution in [0.1, 0.15) is 0 Å². The Morgan fingerprint density at radius 2 is 2.70 bits per heavy atom. The summed E-state index contributed by atoms with van der Waals surface area (Å²) in [5.41, 5.74) is 0. The van der Waals surface area contributed by atoms with Gasteiger partial charge >= 0.3 is 0 Å². The van der Waals surface area contributed by atoms with E-state index in [0.29, 0.717) is 0 Å². The smallest absolute Gasteiger partial charge is 0.275 e. The molecule has 0 fully saturated rings. The molecule has 1 unspecified atom stereocenters. The third kappa shape index (κ3) is 1.62. The molecule has 0 aliphatic carbocycles.